The second-order valence-electron chi connectivity index (χ2n) is 3.08. The molecule has 2 atom stereocenters. The number of benzene rings is 1. The van der Waals surface area contributed by atoms with Crippen molar-refractivity contribution in [1.82, 2.24) is 0 Å². The zero-order valence-electron chi connectivity index (χ0n) is 6.13. The minimum Gasteiger partial charge on any atom is -0.319 e. The van der Waals surface area contributed by atoms with E-state index >= 15 is 0 Å². The van der Waals surface area contributed by atoms with Crippen molar-refractivity contribution in [3.8, 4) is 0 Å². The van der Waals surface area contributed by atoms with Crippen LogP contribution in [0.4, 0.5) is 4.39 Å². The topological polar surface area (TPSA) is 26.0 Å². The maximum Gasteiger partial charge on any atom is 0.124 e. The van der Waals surface area contributed by atoms with Crippen LogP contribution in [0.15, 0.2) is 30.3 Å². The lowest BCUT2D eigenvalue weighted by atomic mass is 10.1. The summed E-state index contributed by atoms with van der Waals surface area (Å²) in [6.45, 7) is 0. The Balaban J connectivity index is 2.32. The van der Waals surface area contributed by atoms with E-state index in [4.69, 9.17) is 5.73 Å². The number of halogens is 1. The summed E-state index contributed by atoms with van der Waals surface area (Å²) in [6, 6.07) is 9.42. The Morgan fingerprint density at radius 1 is 1.36 bits per heavy atom. The third-order valence-electron chi connectivity index (χ3n) is 2.23. The second kappa shape index (κ2) is 2.05. The monoisotopic (exact) mass is 151 g/mol. The molecule has 0 aliphatic heterocycles. The maximum absolute atomic E-state index is 12.7. The normalized spacial score (nSPS) is 35.3. The summed E-state index contributed by atoms with van der Waals surface area (Å²) in [5, 5.41) is 0. The number of nitrogens with two attached hydrogens (primary N) is 1. The molecule has 0 spiro atoms. The summed E-state index contributed by atoms with van der Waals surface area (Å²) < 4.78 is 12.7. The molecule has 0 heterocycles. The van der Waals surface area contributed by atoms with Gasteiger partial charge in [0.15, 0.2) is 0 Å². The molecular formula is C9H10FN. The van der Waals surface area contributed by atoms with E-state index in [1.165, 1.54) is 0 Å². The van der Waals surface area contributed by atoms with Crippen molar-refractivity contribution in [3.05, 3.63) is 35.9 Å². The van der Waals surface area contributed by atoms with E-state index in [-0.39, 0.29) is 0 Å². The van der Waals surface area contributed by atoms with Crippen LogP contribution < -0.4 is 5.73 Å². The molecule has 1 aromatic rings. The minimum atomic E-state index is -0.843. The highest BCUT2D eigenvalue weighted by Gasteiger charge is 2.53. The molecule has 1 aliphatic carbocycles. The van der Waals surface area contributed by atoms with Gasteiger partial charge in [-0.2, -0.15) is 0 Å². The fourth-order valence-electron chi connectivity index (χ4n) is 1.28. The van der Waals surface area contributed by atoms with E-state index in [0.29, 0.717) is 6.42 Å². The van der Waals surface area contributed by atoms with Crippen molar-refractivity contribution in [3.63, 3.8) is 0 Å². The summed E-state index contributed by atoms with van der Waals surface area (Å²) in [4.78, 5) is 0. The summed E-state index contributed by atoms with van der Waals surface area (Å²) in [5.74, 6) is 0. The third-order valence-corrected chi connectivity index (χ3v) is 2.23. The fourth-order valence-corrected chi connectivity index (χ4v) is 1.28. The Kier molecular flexibility index (Phi) is 1.26. The van der Waals surface area contributed by atoms with Gasteiger partial charge in [-0.1, -0.05) is 30.3 Å². The molecule has 0 bridgehead atoms. The molecule has 1 aromatic carbocycles. The predicted molar refractivity (Wildman–Crippen MR) is 41.8 cm³/mol. The lowest BCUT2D eigenvalue weighted by Crippen LogP contribution is -2.22. The van der Waals surface area contributed by atoms with Crippen LogP contribution >= 0.6 is 0 Å². The molecule has 1 unspecified atom stereocenters. The van der Waals surface area contributed by atoms with Gasteiger partial charge in [0, 0.05) is 6.42 Å². The summed E-state index contributed by atoms with van der Waals surface area (Å²) in [7, 11) is 0. The first-order valence-corrected chi connectivity index (χ1v) is 3.72. The van der Waals surface area contributed by atoms with E-state index in [1.807, 2.05) is 30.3 Å². The standard InChI is InChI=1S/C9H10FN/c10-8-6-9(8,11)7-4-2-1-3-5-7/h1-5,8H,6,11H2/t8?,9-/m1/s1. The van der Waals surface area contributed by atoms with Crippen LogP contribution in [0, 0.1) is 0 Å². The Hall–Kier alpha value is -0.890. The van der Waals surface area contributed by atoms with Gasteiger partial charge >= 0.3 is 0 Å². The molecule has 1 fully saturated rings. The van der Waals surface area contributed by atoms with Crippen LogP contribution in [0.5, 0.6) is 0 Å². The van der Waals surface area contributed by atoms with E-state index in [2.05, 4.69) is 0 Å². The predicted octanol–water partition coefficient (Wildman–Crippen LogP) is 1.58. The summed E-state index contributed by atoms with van der Waals surface area (Å²) in [6.07, 6.45) is -0.373. The van der Waals surface area contributed by atoms with Crippen molar-refractivity contribution in [1.29, 1.82) is 0 Å². The molecule has 0 amide bonds. The number of rotatable bonds is 1. The molecule has 1 nitrogen and oxygen atoms in total. The Bertz CT molecular complexity index is 260. The maximum atomic E-state index is 12.7. The Labute approximate surface area is 65.0 Å². The van der Waals surface area contributed by atoms with Gasteiger partial charge in [-0.3, -0.25) is 0 Å². The quantitative estimate of drug-likeness (QED) is 0.648. The molecule has 0 aromatic heterocycles. The van der Waals surface area contributed by atoms with Crippen molar-refractivity contribution in [2.24, 2.45) is 5.73 Å². The van der Waals surface area contributed by atoms with E-state index in [1.54, 1.807) is 0 Å². The number of hydrogen-bond donors (Lipinski definition) is 1. The molecule has 1 saturated carbocycles. The van der Waals surface area contributed by atoms with Gasteiger partial charge in [-0.15, -0.1) is 0 Å². The van der Waals surface area contributed by atoms with Gasteiger partial charge in [0.25, 0.3) is 0 Å². The largest absolute Gasteiger partial charge is 0.319 e. The van der Waals surface area contributed by atoms with Crippen molar-refractivity contribution < 1.29 is 4.39 Å². The molecule has 58 valence electrons. The molecular weight excluding hydrogens is 141 g/mol. The first-order valence-electron chi connectivity index (χ1n) is 3.72. The van der Waals surface area contributed by atoms with Gasteiger partial charge in [-0.25, -0.2) is 4.39 Å². The molecule has 2 rings (SSSR count). The minimum absolute atomic E-state index is 0.469. The number of alkyl halides is 1. The SMILES string of the molecule is N[C@@]1(c2ccccc2)CC1F. The van der Waals surface area contributed by atoms with Crippen LogP contribution in [0.25, 0.3) is 0 Å². The highest BCUT2D eigenvalue weighted by atomic mass is 19.1. The van der Waals surface area contributed by atoms with Gasteiger partial charge in [0.05, 0.1) is 5.54 Å². The van der Waals surface area contributed by atoms with Crippen LogP contribution in [0.2, 0.25) is 0 Å². The highest BCUT2D eigenvalue weighted by Crippen LogP contribution is 2.45. The number of hydrogen-bond acceptors (Lipinski definition) is 1. The lowest BCUT2D eigenvalue weighted by molar-refractivity contribution is 0.425. The van der Waals surface area contributed by atoms with E-state index in [9.17, 15) is 4.39 Å². The van der Waals surface area contributed by atoms with Gasteiger partial charge in [0.1, 0.15) is 6.17 Å². The third kappa shape index (κ3) is 0.942. The summed E-state index contributed by atoms with van der Waals surface area (Å²) >= 11 is 0. The fraction of sp³-hybridized carbons (Fsp3) is 0.333. The zero-order valence-corrected chi connectivity index (χ0v) is 6.13. The molecule has 0 saturated heterocycles. The van der Waals surface area contributed by atoms with E-state index in [0.717, 1.165) is 5.56 Å². The van der Waals surface area contributed by atoms with Gasteiger partial charge in [-0.05, 0) is 5.56 Å². The Morgan fingerprint density at radius 2 is 1.91 bits per heavy atom. The summed E-state index contributed by atoms with van der Waals surface area (Å²) in [5.41, 5.74) is 5.98. The Morgan fingerprint density at radius 3 is 2.36 bits per heavy atom. The molecule has 2 N–H and O–H groups in total. The molecule has 11 heavy (non-hydrogen) atoms. The van der Waals surface area contributed by atoms with Crippen LogP contribution in [0.1, 0.15) is 12.0 Å². The highest BCUT2D eigenvalue weighted by molar-refractivity contribution is 5.32. The van der Waals surface area contributed by atoms with Crippen molar-refractivity contribution >= 4 is 0 Å². The van der Waals surface area contributed by atoms with Gasteiger partial charge < -0.3 is 5.73 Å². The van der Waals surface area contributed by atoms with Crippen LogP contribution in [-0.4, -0.2) is 6.17 Å². The average molecular weight is 151 g/mol. The van der Waals surface area contributed by atoms with E-state index < -0.39 is 11.7 Å². The molecule has 1 aliphatic rings. The smallest absolute Gasteiger partial charge is 0.124 e. The lowest BCUT2D eigenvalue weighted by Gasteiger charge is -2.07. The molecule has 2 heteroatoms. The van der Waals surface area contributed by atoms with Crippen molar-refractivity contribution in [2.75, 3.05) is 0 Å². The zero-order chi connectivity index (χ0) is 7.90. The average Bonchev–Trinajstić information content (AvgIpc) is 2.64. The van der Waals surface area contributed by atoms with Crippen LogP contribution in [-0.2, 0) is 5.54 Å². The van der Waals surface area contributed by atoms with Crippen LogP contribution in [0.3, 0.4) is 0 Å². The first-order chi connectivity index (χ1) is 5.23. The molecule has 0 radical (unpaired) electrons. The first kappa shape index (κ1) is 6.80. The van der Waals surface area contributed by atoms with Gasteiger partial charge in [0.2, 0.25) is 0 Å². The van der Waals surface area contributed by atoms with Crippen molar-refractivity contribution in [2.45, 2.75) is 18.1 Å². The second-order valence-corrected chi connectivity index (χ2v) is 3.08.